The monoisotopic (exact) mass is 233 g/mol. The van der Waals surface area contributed by atoms with Crippen molar-refractivity contribution in [1.82, 2.24) is 4.90 Å². The summed E-state index contributed by atoms with van der Waals surface area (Å²) in [7, 11) is 0. The first-order chi connectivity index (χ1) is 8.15. The third-order valence-electron chi connectivity index (χ3n) is 3.53. The van der Waals surface area contributed by atoms with Gasteiger partial charge in [0.15, 0.2) is 0 Å². The van der Waals surface area contributed by atoms with E-state index in [4.69, 9.17) is 0 Å². The number of piperidine rings is 1. The summed E-state index contributed by atoms with van der Waals surface area (Å²) in [5.74, 6) is 0.598. The highest BCUT2D eigenvalue weighted by atomic mass is 16.3. The molecular formula is C15H23NO. The zero-order valence-corrected chi connectivity index (χ0v) is 10.9. The number of likely N-dealkylation sites (tertiary alicyclic amines) is 1. The summed E-state index contributed by atoms with van der Waals surface area (Å²) in [4.78, 5) is 2.35. The van der Waals surface area contributed by atoms with Gasteiger partial charge in [0.1, 0.15) is 0 Å². The molecule has 0 unspecified atom stereocenters. The van der Waals surface area contributed by atoms with Crippen LogP contribution in [0.1, 0.15) is 43.7 Å². The molecule has 1 aliphatic heterocycles. The number of benzene rings is 1. The van der Waals surface area contributed by atoms with Gasteiger partial charge in [-0.25, -0.2) is 0 Å². The molecule has 1 aromatic carbocycles. The number of hydrogen-bond acceptors (Lipinski definition) is 2. The molecule has 1 atom stereocenters. The second-order valence-corrected chi connectivity index (χ2v) is 5.43. The molecule has 0 radical (unpaired) electrons. The van der Waals surface area contributed by atoms with Crippen LogP contribution in [0.5, 0.6) is 0 Å². The molecule has 1 N–H and O–H groups in total. The number of nitrogens with zero attached hydrogens (tertiary/aromatic N) is 1. The van der Waals surface area contributed by atoms with Gasteiger partial charge in [-0.05, 0) is 36.4 Å². The van der Waals surface area contributed by atoms with Crippen LogP contribution in [0.4, 0.5) is 0 Å². The number of hydrogen-bond donors (Lipinski definition) is 1. The van der Waals surface area contributed by atoms with Crippen molar-refractivity contribution in [2.24, 2.45) is 0 Å². The number of aliphatic hydroxyl groups is 1. The van der Waals surface area contributed by atoms with Gasteiger partial charge < -0.3 is 5.11 Å². The van der Waals surface area contributed by atoms with Crippen molar-refractivity contribution >= 4 is 0 Å². The quantitative estimate of drug-likeness (QED) is 0.867. The van der Waals surface area contributed by atoms with Crippen LogP contribution in [-0.2, 0) is 6.54 Å². The Balaban J connectivity index is 1.94. The maximum atomic E-state index is 9.63. The van der Waals surface area contributed by atoms with Gasteiger partial charge >= 0.3 is 0 Å². The van der Waals surface area contributed by atoms with Crippen molar-refractivity contribution in [1.29, 1.82) is 0 Å². The van der Waals surface area contributed by atoms with Crippen LogP contribution in [0.25, 0.3) is 0 Å². The van der Waals surface area contributed by atoms with E-state index in [2.05, 4.69) is 43.0 Å². The molecule has 0 amide bonds. The van der Waals surface area contributed by atoms with Crippen LogP contribution in [0.3, 0.4) is 0 Å². The highest BCUT2D eigenvalue weighted by Gasteiger charge is 2.17. The normalized spacial score (nSPS) is 22.0. The predicted octanol–water partition coefficient (Wildman–Crippen LogP) is 2.77. The SMILES string of the molecule is CC(C)c1ccc(CN2CCC[C@H](O)C2)cc1. The summed E-state index contributed by atoms with van der Waals surface area (Å²) in [6.45, 7) is 7.34. The Morgan fingerprint density at radius 3 is 2.59 bits per heavy atom. The van der Waals surface area contributed by atoms with Gasteiger partial charge in [-0.15, -0.1) is 0 Å². The van der Waals surface area contributed by atoms with Crippen molar-refractivity contribution < 1.29 is 5.11 Å². The lowest BCUT2D eigenvalue weighted by atomic mass is 10.0. The zero-order valence-electron chi connectivity index (χ0n) is 10.9. The second-order valence-electron chi connectivity index (χ2n) is 5.43. The third kappa shape index (κ3) is 3.55. The second kappa shape index (κ2) is 5.65. The van der Waals surface area contributed by atoms with Gasteiger partial charge in [0.05, 0.1) is 6.10 Å². The molecular weight excluding hydrogens is 210 g/mol. The number of β-amino-alcohol motifs (C(OH)–C–C–N with tert-alkyl or cyclic N) is 1. The molecule has 2 rings (SSSR count). The summed E-state index contributed by atoms with van der Waals surface area (Å²) in [5, 5.41) is 9.63. The largest absolute Gasteiger partial charge is 0.392 e. The number of rotatable bonds is 3. The molecule has 0 spiro atoms. The molecule has 1 fully saturated rings. The fraction of sp³-hybridized carbons (Fsp3) is 0.600. The molecule has 0 aliphatic carbocycles. The minimum absolute atomic E-state index is 0.126. The third-order valence-corrected chi connectivity index (χ3v) is 3.53. The van der Waals surface area contributed by atoms with Crippen LogP contribution in [-0.4, -0.2) is 29.2 Å². The Bertz CT molecular complexity index is 344. The summed E-state index contributed by atoms with van der Waals surface area (Å²) < 4.78 is 0. The Morgan fingerprint density at radius 1 is 1.29 bits per heavy atom. The zero-order chi connectivity index (χ0) is 12.3. The van der Waals surface area contributed by atoms with Crippen LogP contribution < -0.4 is 0 Å². The van der Waals surface area contributed by atoms with E-state index in [-0.39, 0.29) is 6.10 Å². The summed E-state index contributed by atoms with van der Waals surface area (Å²) >= 11 is 0. The van der Waals surface area contributed by atoms with E-state index in [1.54, 1.807) is 0 Å². The molecule has 94 valence electrons. The van der Waals surface area contributed by atoms with Crippen molar-refractivity contribution in [3.8, 4) is 0 Å². The lowest BCUT2D eigenvalue weighted by Crippen LogP contribution is -2.37. The standard InChI is InChI=1S/C15H23NO/c1-12(2)14-7-5-13(6-8-14)10-16-9-3-4-15(17)11-16/h5-8,12,15,17H,3-4,9-11H2,1-2H3/t15-/m0/s1. The summed E-state index contributed by atoms with van der Waals surface area (Å²) in [5.41, 5.74) is 2.75. The molecule has 1 aromatic rings. The van der Waals surface area contributed by atoms with E-state index >= 15 is 0 Å². The van der Waals surface area contributed by atoms with Gasteiger partial charge in [-0.3, -0.25) is 4.90 Å². The molecule has 0 saturated carbocycles. The van der Waals surface area contributed by atoms with Crippen LogP contribution in [0.2, 0.25) is 0 Å². The average Bonchev–Trinajstić information content (AvgIpc) is 2.29. The van der Waals surface area contributed by atoms with E-state index in [9.17, 15) is 5.11 Å². The summed E-state index contributed by atoms with van der Waals surface area (Å²) in [6, 6.07) is 8.88. The number of aliphatic hydroxyl groups excluding tert-OH is 1. The van der Waals surface area contributed by atoms with E-state index in [1.807, 2.05) is 0 Å². The minimum atomic E-state index is -0.126. The minimum Gasteiger partial charge on any atom is -0.392 e. The van der Waals surface area contributed by atoms with Gasteiger partial charge in [0.25, 0.3) is 0 Å². The Kier molecular flexibility index (Phi) is 4.19. The first-order valence-electron chi connectivity index (χ1n) is 6.64. The van der Waals surface area contributed by atoms with E-state index in [1.165, 1.54) is 11.1 Å². The molecule has 1 saturated heterocycles. The van der Waals surface area contributed by atoms with Gasteiger partial charge in [0, 0.05) is 13.1 Å². The van der Waals surface area contributed by atoms with Crippen molar-refractivity contribution in [2.75, 3.05) is 13.1 Å². The highest BCUT2D eigenvalue weighted by molar-refractivity contribution is 5.24. The van der Waals surface area contributed by atoms with Crippen LogP contribution >= 0.6 is 0 Å². The van der Waals surface area contributed by atoms with Crippen molar-refractivity contribution in [3.05, 3.63) is 35.4 Å². The fourth-order valence-corrected chi connectivity index (χ4v) is 2.44. The Morgan fingerprint density at radius 2 is 2.00 bits per heavy atom. The molecule has 0 bridgehead atoms. The van der Waals surface area contributed by atoms with Crippen LogP contribution in [0, 0.1) is 0 Å². The smallest absolute Gasteiger partial charge is 0.0667 e. The van der Waals surface area contributed by atoms with Crippen molar-refractivity contribution in [2.45, 2.75) is 45.3 Å². The van der Waals surface area contributed by atoms with Gasteiger partial charge in [-0.1, -0.05) is 38.1 Å². The van der Waals surface area contributed by atoms with E-state index in [0.29, 0.717) is 5.92 Å². The predicted molar refractivity (Wildman–Crippen MR) is 71.0 cm³/mol. The van der Waals surface area contributed by atoms with E-state index in [0.717, 1.165) is 32.5 Å². The van der Waals surface area contributed by atoms with Crippen LogP contribution in [0.15, 0.2) is 24.3 Å². The lowest BCUT2D eigenvalue weighted by Gasteiger charge is -2.30. The first kappa shape index (κ1) is 12.6. The molecule has 0 aromatic heterocycles. The van der Waals surface area contributed by atoms with Gasteiger partial charge in [0.2, 0.25) is 0 Å². The Hall–Kier alpha value is -0.860. The molecule has 17 heavy (non-hydrogen) atoms. The maximum absolute atomic E-state index is 9.63. The van der Waals surface area contributed by atoms with Crippen molar-refractivity contribution in [3.63, 3.8) is 0 Å². The van der Waals surface area contributed by atoms with Gasteiger partial charge in [-0.2, -0.15) is 0 Å². The molecule has 2 heteroatoms. The first-order valence-corrected chi connectivity index (χ1v) is 6.64. The molecule has 2 nitrogen and oxygen atoms in total. The summed E-state index contributed by atoms with van der Waals surface area (Å²) in [6.07, 6.45) is 1.95. The topological polar surface area (TPSA) is 23.5 Å². The molecule has 1 aliphatic rings. The lowest BCUT2D eigenvalue weighted by molar-refractivity contribution is 0.0668. The van der Waals surface area contributed by atoms with E-state index < -0.39 is 0 Å². The Labute approximate surface area is 104 Å². The fourth-order valence-electron chi connectivity index (χ4n) is 2.44. The highest BCUT2D eigenvalue weighted by Crippen LogP contribution is 2.17. The maximum Gasteiger partial charge on any atom is 0.0667 e. The molecule has 1 heterocycles. The average molecular weight is 233 g/mol.